The number of carbonyl (C=O) groups is 1. The van der Waals surface area contributed by atoms with Crippen molar-refractivity contribution >= 4 is 15.7 Å². The fraction of sp³-hybridized carbons (Fsp3) is 0.167. The Morgan fingerprint density at radius 2 is 1.85 bits per heavy atom. The third-order valence-electron chi connectivity index (χ3n) is 1.24. The molecule has 0 aliphatic carbocycles. The monoisotopic (exact) mass is 201 g/mol. The van der Waals surface area contributed by atoms with Crippen LogP contribution in [0.25, 0.3) is 0 Å². The van der Waals surface area contributed by atoms with Gasteiger partial charge in [0.25, 0.3) is 5.91 Å². The molecule has 0 bridgehead atoms. The van der Waals surface area contributed by atoms with Gasteiger partial charge in [-0.1, -0.05) is 0 Å². The van der Waals surface area contributed by atoms with Crippen LogP contribution in [0.1, 0.15) is 10.4 Å². The fourth-order valence-electron chi connectivity index (χ4n) is 0.635. The quantitative estimate of drug-likeness (QED) is 0.617. The van der Waals surface area contributed by atoms with Crippen LogP contribution in [0.5, 0.6) is 0 Å². The third kappa shape index (κ3) is 2.22. The SMILES string of the molecule is CS(=O)(=O)c1ncc(C(N)=O)cn1. The van der Waals surface area contributed by atoms with E-state index in [9.17, 15) is 13.2 Å². The molecule has 0 saturated carbocycles. The van der Waals surface area contributed by atoms with E-state index >= 15 is 0 Å². The number of rotatable bonds is 2. The van der Waals surface area contributed by atoms with Gasteiger partial charge in [0.2, 0.25) is 15.0 Å². The van der Waals surface area contributed by atoms with Gasteiger partial charge in [-0.15, -0.1) is 0 Å². The van der Waals surface area contributed by atoms with E-state index in [2.05, 4.69) is 9.97 Å². The van der Waals surface area contributed by atoms with Gasteiger partial charge < -0.3 is 5.73 Å². The Balaban J connectivity index is 3.16. The highest BCUT2D eigenvalue weighted by Gasteiger charge is 2.11. The van der Waals surface area contributed by atoms with Crippen molar-refractivity contribution in [1.29, 1.82) is 0 Å². The molecular formula is C6H7N3O3S. The molecule has 0 saturated heterocycles. The van der Waals surface area contributed by atoms with Crippen LogP contribution in [-0.2, 0) is 9.84 Å². The summed E-state index contributed by atoms with van der Waals surface area (Å²) in [6.07, 6.45) is 3.13. The van der Waals surface area contributed by atoms with E-state index in [-0.39, 0.29) is 10.7 Å². The summed E-state index contributed by atoms with van der Waals surface area (Å²) in [5.74, 6) is -0.694. The van der Waals surface area contributed by atoms with E-state index in [1.54, 1.807) is 0 Å². The van der Waals surface area contributed by atoms with Gasteiger partial charge >= 0.3 is 0 Å². The van der Waals surface area contributed by atoms with Crippen LogP contribution in [0.15, 0.2) is 17.6 Å². The zero-order valence-electron chi connectivity index (χ0n) is 6.76. The average molecular weight is 201 g/mol. The first-order chi connectivity index (χ1) is 5.91. The largest absolute Gasteiger partial charge is 0.366 e. The van der Waals surface area contributed by atoms with Crippen molar-refractivity contribution in [3.8, 4) is 0 Å². The first-order valence-corrected chi connectivity index (χ1v) is 5.12. The van der Waals surface area contributed by atoms with Gasteiger partial charge in [0.1, 0.15) is 0 Å². The van der Waals surface area contributed by atoms with Crippen LogP contribution >= 0.6 is 0 Å². The first kappa shape index (κ1) is 9.59. The highest BCUT2D eigenvalue weighted by molar-refractivity contribution is 7.90. The lowest BCUT2D eigenvalue weighted by molar-refractivity contribution is 0.0999. The van der Waals surface area contributed by atoms with Crippen LogP contribution in [0.4, 0.5) is 0 Å². The van der Waals surface area contributed by atoms with Gasteiger partial charge in [0.15, 0.2) is 0 Å². The molecule has 0 unspecified atom stereocenters. The number of carbonyl (C=O) groups excluding carboxylic acids is 1. The molecule has 0 spiro atoms. The second-order valence-electron chi connectivity index (χ2n) is 2.39. The number of hydrogen-bond donors (Lipinski definition) is 1. The Labute approximate surface area is 74.7 Å². The van der Waals surface area contributed by atoms with Gasteiger partial charge in [-0.05, 0) is 0 Å². The van der Waals surface area contributed by atoms with E-state index in [1.165, 1.54) is 0 Å². The molecule has 2 N–H and O–H groups in total. The molecule has 1 aromatic rings. The Kier molecular flexibility index (Phi) is 2.28. The van der Waals surface area contributed by atoms with Crippen LogP contribution in [-0.4, -0.2) is 30.5 Å². The highest BCUT2D eigenvalue weighted by atomic mass is 32.2. The van der Waals surface area contributed by atoms with Gasteiger partial charge in [0, 0.05) is 18.6 Å². The van der Waals surface area contributed by atoms with E-state index in [1.807, 2.05) is 0 Å². The van der Waals surface area contributed by atoms with E-state index in [0.717, 1.165) is 18.6 Å². The highest BCUT2D eigenvalue weighted by Crippen LogP contribution is 2.00. The summed E-state index contributed by atoms with van der Waals surface area (Å²) < 4.78 is 21.7. The fourth-order valence-corrected chi connectivity index (χ4v) is 1.12. The predicted octanol–water partition coefficient (Wildman–Crippen LogP) is -1.02. The molecule has 6 nitrogen and oxygen atoms in total. The molecule has 70 valence electrons. The molecule has 1 heterocycles. The summed E-state index contributed by atoms with van der Waals surface area (Å²) in [4.78, 5) is 17.5. The van der Waals surface area contributed by atoms with Crippen molar-refractivity contribution in [2.75, 3.05) is 6.26 Å². The van der Waals surface area contributed by atoms with Crippen LogP contribution in [0, 0.1) is 0 Å². The van der Waals surface area contributed by atoms with Gasteiger partial charge in [0.05, 0.1) is 5.56 Å². The minimum absolute atomic E-state index is 0.0763. The maximum Gasteiger partial charge on any atom is 0.251 e. The zero-order chi connectivity index (χ0) is 10.1. The Bertz CT molecular complexity index is 423. The number of hydrogen-bond acceptors (Lipinski definition) is 5. The number of aromatic nitrogens is 2. The van der Waals surface area contributed by atoms with Gasteiger partial charge in [-0.2, -0.15) is 0 Å². The summed E-state index contributed by atoms with van der Waals surface area (Å²) in [6.45, 7) is 0. The molecular weight excluding hydrogens is 194 g/mol. The Morgan fingerprint density at radius 3 is 2.15 bits per heavy atom. The summed E-state index contributed by atoms with van der Waals surface area (Å²) in [5, 5.41) is -0.322. The minimum Gasteiger partial charge on any atom is -0.366 e. The number of sulfone groups is 1. The second kappa shape index (κ2) is 3.09. The third-order valence-corrected chi connectivity index (χ3v) is 2.12. The zero-order valence-corrected chi connectivity index (χ0v) is 7.58. The summed E-state index contributed by atoms with van der Waals surface area (Å²) in [5.41, 5.74) is 4.98. The molecule has 0 aromatic carbocycles. The van der Waals surface area contributed by atoms with Crippen molar-refractivity contribution in [2.45, 2.75) is 5.16 Å². The standard InChI is InChI=1S/C6H7N3O3S/c1-13(11,12)6-8-2-4(3-9-6)5(7)10/h2-3H,1H3,(H2,7,10). The summed E-state index contributed by atoms with van der Waals surface area (Å²) in [6, 6.07) is 0. The van der Waals surface area contributed by atoms with Crippen LogP contribution < -0.4 is 5.73 Å². The molecule has 1 aromatic heterocycles. The summed E-state index contributed by atoms with van der Waals surface area (Å²) in [7, 11) is -3.42. The molecule has 0 atom stereocenters. The second-order valence-corrected chi connectivity index (χ2v) is 4.30. The maximum atomic E-state index is 10.9. The minimum atomic E-state index is -3.42. The molecule has 7 heteroatoms. The van der Waals surface area contributed by atoms with Gasteiger partial charge in [-0.25, -0.2) is 18.4 Å². The topological polar surface area (TPSA) is 103 Å². The maximum absolute atomic E-state index is 10.9. The normalized spacial score (nSPS) is 11.2. The predicted molar refractivity (Wildman–Crippen MR) is 43.7 cm³/mol. The molecule has 13 heavy (non-hydrogen) atoms. The van der Waals surface area contributed by atoms with Crippen molar-refractivity contribution in [3.05, 3.63) is 18.0 Å². The van der Waals surface area contributed by atoms with Gasteiger partial charge in [-0.3, -0.25) is 4.79 Å². The number of primary amides is 1. The van der Waals surface area contributed by atoms with E-state index < -0.39 is 15.7 Å². The van der Waals surface area contributed by atoms with Crippen molar-refractivity contribution in [3.63, 3.8) is 0 Å². The Hall–Kier alpha value is -1.50. The molecule has 1 amide bonds. The van der Waals surface area contributed by atoms with E-state index in [4.69, 9.17) is 5.73 Å². The molecule has 0 aliphatic heterocycles. The first-order valence-electron chi connectivity index (χ1n) is 3.23. The lowest BCUT2D eigenvalue weighted by Crippen LogP contribution is -2.13. The van der Waals surface area contributed by atoms with Crippen LogP contribution in [0.3, 0.4) is 0 Å². The summed E-state index contributed by atoms with van der Waals surface area (Å²) >= 11 is 0. The molecule has 0 aliphatic rings. The molecule has 0 fully saturated rings. The Morgan fingerprint density at radius 1 is 1.38 bits per heavy atom. The lowest BCUT2D eigenvalue weighted by atomic mass is 10.3. The smallest absolute Gasteiger partial charge is 0.251 e. The van der Waals surface area contributed by atoms with Crippen molar-refractivity contribution in [1.82, 2.24) is 9.97 Å². The number of amides is 1. The van der Waals surface area contributed by atoms with Crippen molar-refractivity contribution in [2.24, 2.45) is 5.73 Å². The van der Waals surface area contributed by atoms with E-state index in [0.29, 0.717) is 0 Å². The van der Waals surface area contributed by atoms with Crippen LogP contribution in [0.2, 0.25) is 0 Å². The average Bonchev–Trinajstić information content (AvgIpc) is 2.03. The molecule has 1 rings (SSSR count). The molecule has 0 radical (unpaired) electrons. The lowest BCUT2D eigenvalue weighted by Gasteiger charge is -1.96. The number of nitrogens with zero attached hydrogens (tertiary/aromatic N) is 2. The number of nitrogens with two attached hydrogens (primary N) is 1. The van der Waals surface area contributed by atoms with Crippen molar-refractivity contribution < 1.29 is 13.2 Å².